The lowest BCUT2D eigenvalue weighted by atomic mass is 10.1. The number of rotatable bonds is 6. The number of hydrogen-bond donors (Lipinski definition) is 2. The smallest absolute Gasteiger partial charge is 0.229 e. The SMILES string of the molecule is CS(=O)(=O)Nc1ccc(-c2cnc(N)c(OCc3c(F)ccc(F)c3Cl)c2)cc1. The minimum Gasteiger partial charge on any atom is -0.485 e. The lowest BCUT2D eigenvalue weighted by Crippen LogP contribution is -2.09. The highest BCUT2D eigenvalue weighted by molar-refractivity contribution is 7.92. The summed E-state index contributed by atoms with van der Waals surface area (Å²) in [6, 6.07) is 10.0. The summed E-state index contributed by atoms with van der Waals surface area (Å²) in [4.78, 5) is 4.05. The van der Waals surface area contributed by atoms with Crippen LogP contribution < -0.4 is 15.2 Å². The Morgan fingerprint density at radius 1 is 1.10 bits per heavy atom. The van der Waals surface area contributed by atoms with Crippen LogP contribution in [0.25, 0.3) is 11.1 Å². The number of nitrogens with one attached hydrogen (secondary N) is 1. The maximum absolute atomic E-state index is 13.9. The molecule has 1 heterocycles. The molecule has 0 aliphatic rings. The molecule has 0 aliphatic heterocycles. The second kappa shape index (κ2) is 8.22. The summed E-state index contributed by atoms with van der Waals surface area (Å²) < 4.78 is 57.9. The van der Waals surface area contributed by atoms with E-state index in [9.17, 15) is 17.2 Å². The molecule has 2 aromatic carbocycles. The summed E-state index contributed by atoms with van der Waals surface area (Å²) in [5.41, 5.74) is 7.44. The van der Waals surface area contributed by atoms with E-state index in [1.54, 1.807) is 30.3 Å². The van der Waals surface area contributed by atoms with Crippen molar-refractivity contribution in [2.75, 3.05) is 16.7 Å². The van der Waals surface area contributed by atoms with E-state index in [1.165, 1.54) is 6.20 Å². The molecule has 6 nitrogen and oxygen atoms in total. The van der Waals surface area contributed by atoms with Crippen LogP contribution in [0.15, 0.2) is 48.7 Å². The molecule has 0 unspecified atom stereocenters. The van der Waals surface area contributed by atoms with Crippen LogP contribution in [0.3, 0.4) is 0 Å². The largest absolute Gasteiger partial charge is 0.485 e. The quantitative estimate of drug-likeness (QED) is 0.561. The molecule has 152 valence electrons. The van der Waals surface area contributed by atoms with Crippen LogP contribution in [-0.2, 0) is 16.6 Å². The Hall–Kier alpha value is -2.91. The van der Waals surface area contributed by atoms with Crippen LogP contribution in [0.4, 0.5) is 20.3 Å². The number of ether oxygens (including phenoxy) is 1. The number of halogens is 3. The molecular formula is C19H16ClF2N3O3S. The Kier molecular flexibility index (Phi) is 5.90. The molecule has 0 bridgehead atoms. The second-order valence-corrected chi connectivity index (χ2v) is 8.30. The van der Waals surface area contributed by atoms with Gasteiger partial charge in [-0.3, -0.25) is 4.72 Å². The molecule has 3 rings (SSSR count). The first kappa shape index (κ1) is 20.8. The van der Waals surface area contributed by atoms with Crippen LogP contribution >= 0.6 is 11.6 Å². The summed E-state index contributed by atoms with van der Waals surface area (Å²) in [5, 5.41) is -0.360. The van der Waals surface area contributed by atoms with Gasteiger partial charge in [-0.15, -0.1) is 0 Å². The zero-order valence-electron chi connectivity index (χ0n) is 15.1. The zero-order valence-corrected chi connectivity index (χ0v) is 16.7. The van der Waals surface area contributed by atoms with Gasteiger partial charge in [0.25, 0.3) is 0 Å². The minimum atomic E-state index is -3.38. The van der Waals surface area contributed by atoms with Crippen molar-refractivity contribution >= 4 is 33.1 Å². The second-order valence-electron chi connectivity index (χ2n) is 6.17. The first-order chi connectivity index (χ1) is 13.6. The van der Waals surface area contributed by atoms with Gasteiger partial charge in [0, 0.05) is 23.0 Å². The van der Waals surface area contributed by atoms with Gasteiger partial charge in [-0.1, -0.05) is 23.7 Å². The van der Waals surface area contributed by atoms with E-state index < -0.39 is 21.7 Å². The van der Waals surface area contributed by atoms with Gasteiger partial charge in [0.1, 0.15) is 18.2 Å². The predicted octanol–water partition coefficient (Wildman–Crippen LogP) is 4.21. The lowest BCUT2D eigenvalue weighted by molar-refractivity contribution is 0.300. The monoisotopic (exact) mass is 439 g/mol. The molecule has 1 aromatic heterocycles. The molecule has 0 saturated heterocycles. The summed E-state index contributed by atoms with van der Waals surface area (Å²) in [6.45, 7) is -0.338. The van der Waals surface area contributed by atoms with Crippen molar-refractivity contribution in [3.63, 3.8) is 0 Å². The van der Waals surface area contributed by atoms with Crippen molar-refractivity contribution in [1.82, 2.24) is 4.98 Å². The van der Waals surface area contributed by atoms with Crippen molar-refractivity contribution in [3.05, 3.63) is 70.9 Å². The van der Waals surface area contributed by atoms with Gasteiger partial charge in [0.05, 0.1) is 11.3 Å². The summed E-state index contributed by atoms with van der Waals surface area (Å²) >= 11 is 5.80. The van der Waals surface area contributed by atoms with Gasteiger partial charge in [0.15, 0.2) is 11.6 Å². The Bertz CT molecular complexity index is 1160. The first-order valence-electron chi connectivity index (χ1n) is 8.23. The van der Waals surface area contributed by atoms with Crippen molar-refractivity contribution in [2.45, 2.75) is 6.61 Å². The molecular weight excluding hydrogens is 424 g/mol. The van der Waals surface area contributed by atoms with E-state index in [2.05, 4.69) is 9.71 Å². The molecule has 10 heteroatoms. The highest BCUT2D eigenvalue weighted by Crippen LogP contribution is 2.30. The molecule has 0 spiro atoms. The average Bonchev–Trinajstić information content (AvgIpc) is 2.65. The van der Waals surface area contributed by atoms with Gasteiger partial charge >= 0.3 is 0 Å². The molecule has 0 amide bonds. The highest BCUT2D eigenvalue weighted by atomic mass is 35.5. The predicted molar refractivity (Wildman–Crippen MR) is 108 cm³/mol. The molecule has 29 heavy (non-hydrogen) atoms. The lowest BCUT2D eigenvalue weighted by Gasteiger charge is -2.12. The molecule has 0 aliphatic carbocycles. The maximum atomic E-state index is 13.9. The standard InChI is InChI=1S/C19H16ClF2N3O3S/c1-29(26,27)25-13-4-2-11(3-5-13)12-8-17(19(23)24-9-12)28-10-14-15(21)6-7-16(22)18(14)20/h2-9,25H,10H2,1H3,(H2,23,24). The topological polar surface area (TPSA) is 94.3 Å². The number of benzene rings is 2. The van der Waals surface area contributed by atoms with Crippen LogP contribution in [0.1, 0.15) is 5.56 Å². The molecule has 0 saturated carbocycles. The molecule has 0 radical (unpaired) electrons. The Balaban J connectivity index is 1.83. The number of hydrogen-bond acceptors (Lipinski definition) is 5. The summed E-state index contributed by atoms with van der Waals surface area (Å²) in [5.74, 6) is -1.22. The maximum Gasteiger partial charge on any atom is 0.229 e. The number of aromatic nitrogens is 1. The number of nitrogens with two attached hydrogens (primary N) is 1. The Labute approximate surface area is 171 Å². The van der Waals surface area contributed by atoms with Crippen LogP contribution in [-0.4, -0.2) is 19.7 Å². The fourth-order valence-corrected chi connectivity index (χ4v) is 3.30. The van der Waals surface area contributed by atoms with Crippen LogP contribution in [0, 0.1) is 11.6 Å². The van der Waals surface area contributed by atoms with E-state index >= 15 is 0 Å². The van der Waals surface area contributed by atoms with Crippen LogP contribution in [0.2, 0.25) is 5.02 Å². The minimum absolute atomic E-state index is 0.0667. The third kappa shape index (κ3) is 5.12. The third-order valence-corrected chi connectivity index (χ3v) is 4.93. The van der Waals surface area contributed by atoms with Crippen molar-refractivity contribution in [2.24, 2.45) is 0 Å². The number of anilines is 2. The van der Waals surface area contributed by atoms with Gasteiger partial charge in [-0.05, 0) is 35.9 Å². The van der Waals surface area contributed by atoms with E-state index in [1.807, 2.05) is 0 Å². The fourth-order valence-electron chi connectivity index (χ4n) is 2.52. The van der Waals surface area contributed by atoms with Crippen molar-refractivity contribution < 1.29 is 21.9 Å². The molecule has 3 aromatic rings. The van der Waals surface area contributed by atoms with Crippen molar-refractivity contribution in [3.8, 4) is 16.9 Å². The average molecular weight is 440 g/mol. The Morgan fingerprint density at radius 2 is 1.76 bits per heavy atom. The van der Waals surface area contributed by atoms with E-state index in [4.69, 9.17) is 22.1 Å². The molecule has 0 atom stereocenters. The fraction of sp³-hybridized carbons (Fsp3) is 0.105. The molecule has 3 N–H and O–H groups in total. The number of pyridine rings is 1. The van der Waals surface area contributed by atoms with Gasteiger partial charge in [-0.25, -0.2) is 22.2 Å². The van der Waals surface area contributed by atoms with E-state index in [-0.39, 0.29) is 28.8 Å². The van der Waals surface area contributed by atoms with Gasteiger partial charge < -0.3 is 10.5 Å². The van der Waals surface area contributed by atoms with Gasteiger partial charge in [0.2, 0.25) is 10.0 Å². The number of sulfonamides is 1. The number of nitrogens with zero attached hydrogens (tertiary/aromatic N) is 1. The number of nitrogen functional groups attached to an aromatic ring is 1. The van der Waals surface area contributed by atoms with Crippen LogP contribution in [0.5, 0.6) is 5.75 Å². The molecule has 0 fully saturated rings. The first-order valence-corrected chi connectivity index (χ1v) is 10.5. The van der Waals surface area contributed by atoms with Gasteiger partial charge in [-0.2, -0.15) is 0 Å². The highest BCUT2D eigenvalue weighted by Gasteiger charge is 2.14. The van der Waals surface area contributed by atoms with Crippen molar-refractivity contribution in [1.29, 1.82) is 0 Å². The van der Waals surface area contributed by atoms with E-state index in [0.717, 1.165) is 24.0 Å². The summed E-state index contributed by atoms with van der Waals surface area (Å²) in [7, 11) is -3.38. The zero-order chi connectivity index (χ0) is 21.2. The Morgan fingerprint density at radius 3 is 2.41 bits per heavy atom. The summed E-state index contributed by atoms with van der Waals surface area (Å²) in [6.07, 6.45) is 2.57. The normalized spacial score (nSPS) is 11.3. The van der Waals surface area contributed by atoms with E-state index in [0.29, 0.717) is 11.3 Å². The third-order valence-electron chi connectivity index (χ3n) is 3.91.